The Hall–Kier alpha value is -1.97. The van der Waals surface area contributed by atoms with Gasteiger partial charge in [0.25, 0.3) is 0 Å². The summed E-state index contributed by atoms with van der Waals surface area (Å²) < 4.78 is 9.82. The molecule has 86 valence electrons. The Morgan fingerprint density at radius 2 is 2.25 bits per heavy atom. The second-order valence-corrected chi connectivity index (χ2v) is 3.08. The number of anilines is 1. The van der Waals surface area contributed by atoms with Gasteiger partial charge in [-0.3, -0.25) is 0 Å². The number of nitrogen functional groups attached to an aromatic ring is 1. The Morgan fingerprint density at radius 3 is 2.88 bits per heavy atom. The van der Waals surface area contributed by atoms with Gasteiger partial charge in [0.05, 0.1) is 13.7 Å². The van der Waals surface area contributed by atoms with Crippen LogP contribution in [-0.2, 0) is 9.53 Å². The molecule has 0 aliphatic carbocycles. The summed E-state index contributed by atoms with van der Waals surface area (Å²) in [6.07, 6.45) is 2.95. The average Bonchev–Trinajstić information content (AvgIpc) is 2.28. The van der Waals surface area contributed by atoms with Crippen molar-refractivity contribution in [1.82, 2.24) is 0 Å². The minimum atomic E-state index is -0.385. The Labute approximate surface area is 94.7 Å². The molecule has 0 fully saturated rings. The van der Waals surface area contributed by atoms with Crippen molar-refractivity contribution in [3.63, 3.8) is 0 Å². The van der Waals surface area contributed by atoms with Gasteiger partial charge in [0.1, 0.15) is 5.75 Å². The van der Waals surface area contributed by atoms with Crippen LogP contribution in [0.25, 0.3) is 6.08 Å². The number of esters is 1. The van der Waals surface area contributed by atoms with E-state index in [1.807, 2.05) is 0 Å². The van der Waals surface area contributed by atoms with Gasteiger partial charge in [-0.2, -0.15) is 0 Å². The van der Waals surface area contributed by atoms with Gasteiger partial charge in [0.2, 0.25) is 0 Å². The molecule has 0 unspecified atom stereocenters. The molecule has 1 aromatic carbocycles. The van der Waals surface area contributed by atoms with E-state index in [2.05, 4.69) is 0 Å². The summed E-state index contributed by atoms with van der Waals surface area (Å²) in [5, 5.41) is 0. The largest absolute Gasteiger partial charge is 0.497 e. The molecular formula is C12H15NO3. The Balaban J connectivity index is 2.83. The van der Waals surface area contributed by atoms with E-state index in [9.17, 15) is 4.79 Å². The Kier molecular flexibility index (Phi) is 4.39. The molecule has 16 heavy (non-hydrogen) atoms. The fourth-order valence-electron chi connectivity index (χ4n) is 1.17. The van der Waals surface area contributed by atoms with Crippen molar-refractivity contribution < 1.29 is 14.3 Å². The molecule has 1 rings (SSSR count). The molecule has 1 aromatic rings. The number of carbonyl (C=O) groups excluding carboxylic acids is 1. The summed E-state index contributed by atoms with van der Waals surface area (Å²) in [4.78, 5) is 11.1. The van der Waals surface area contributed by atoms with Crippen LogP contribution in [0.3, 0.4) is 0 Å². The quantitative estimate of drug-likeness (QED) is 0.479. The van der Waals surface area contributed by atoms with E-state index in [0.29, 0.717) is 18.0 Å². The van der Waals surface area contributed by atoms with Crippen LogP contribution in [0.1, 0.15) is 12.5 Å². The molecule has 0 aromatic heterocycles. The predicted octanol–water partition coefficient (Wildman–Crippen LogP) is 1.85. The fraction of sp³-hybridized carbons (Fsp3) is 0.250. The van der Waals surface area contributed by atoms with E-state index < -0.39 is 0 Å². The highest BCUT2D eigenvalue weighted by atomic mass is 16.5. The van der Waals surface area contributed by atoms with Crippen molar-refractivity contribution in [2.75, 3.05) is 19.5 Å². The fourth-order valence-corrected chi connectivity index (χ4v) is 1.17. The van der Waals surface area contributed by atoms with Gasteiger partial charge < -0.3 is 15.2 Å². The van der Waals surface area contributed by atoms with Gasteiger partial charge in [-0.05, 0) is 31.2 Å². The summed E-state index contributed by atoms with van der Waals surface area (Å²) in [6.45, 7) is 2.11. The summed E-state index contributed by atoms with van der Waals surface area (Å²) in [7, 11) is 1.57. The van der Waals surface area contributed by atoms with Crippen LogP contribution in [0.4, 0.5) is 5.69 Å². The van der Waals surface area contributed by atoms with Crippen LogP contribution in [-0.4, -0.2) is 19.7 Å². The molecule has 0 radical (unpaired) electrons. The normalized spacial score (nSPS) is 10.4. The minimum absolute atomic E-state index is 0.358. The van der Waals surface area contributed by atoms with Gasteiger partial charge in [-0.25, -0.2) is 4.79 Å². The van der Waals surface area contributed by atoms with E-state index >= 15 is 0 Å². The SMILES string of the molecule is CCOC(=O)C=Cc1cc(OC)ccc1N. The molecular weight excluding hydrogens is 206 g/mol. The molecule has 0 aliphatic rings. The topological polar surface area (TPSA) is 61.5 Å². The maximum Gasteiger partial charge on any atom is 0.330 e. The lowest BCUT2D eigenvalue weighted by Gasteiger charge is -2.04. The molecule has 4 heteroatoms. The Morgan fingerprint density at radius 1 is 1.50 bits per heavy atom. The number of nitrogens with two attached hydrogens (primary N) is 1. The molecule has 0 spiro atoms. The molecule has 0 saturated heterocycles. The third-order valence-electron chi connectivity index (χ3n) is 1.98. The van der Waals surface area contributed by atoms with Gasteiger partial charge in [-0.15, -0.1) is 0 Å². The molecule has 0 atom stereocenters. The van der Waals surface area contributed by atoms with Crippen molar-refractivity contribution in [1.29, 1.82) is 0 Å². The highest BCUT2D eigenvalue weighted by Crippen LogP contribution is 2.20. The number of rotatable bonds is 4. The van der Waals surface area contributed by atoms with Crippen LogP contribution >= 0.6 is 0 Å². The zero-order valence-electron chi connectivity index (χ0n) is 9.40. The number of carbonyl (C=O) groups is 1. The maximum absolute atomic E-state index is 11.1. The smallest absolute Gasteiger partial charge is 0.330 e. The van der Waals surface area contributed by atoms with Crippen LogP contribution in [0.15, 0.2) is 24.3 Å². The molecule has 4 nitrogen and oxygen atoms in total. The third-order valence-corrected chi connectivity index (χ3v) is 1.98. The third kappa shape index (κ3) is 3.31. The number of methoxy groups -OCH3 is 1. The van der Waals surface area contributed by atoms with E-state index in [0.717, 1.165) is 5.56 Å². The standard InChI is InChI=1S/C12H15NO3/c1-3-16-12(14)7-4-9-8-10(15-2)5-6-11(9)13/h4-8H,3,13H2,1-2H3. The first-order valence-electron chi connectivity index (χ1n) is 4.95. The zero-order chi connectivity index (χ0) is 12.0. The van der Waals surface area contributed by atoms with Gasteiger partial charge in [0, 0.05) is 17.3 Å². The summed E-state index contributed by atoms with van der Waals surface area (Å²) >= 11 is 0. The second-order valence-electron chi connectivity index (χ2n) is 3.08. The van der Waals surface area contributed by atoms with Gasteiger partial charge in [0.15, 0.2) is 0 Å². The van der Waals surface area contributed by atoms with Crippen LogP contribution in [0.2, 0.25) is 0 Å². The summed E-state index contributed by atoms with van der Waals surface area (Å²) in [5.41, 5.74) is 7.06. The van der Waals surface area contributed by atoms with E-state index in [-0.39, 0.29) is 5.97 Å². The zero-order valence-corrected chi connectivity index (χ0v) is 9.40. The minimum Gasteiger partial charge on any atom is -0.497 e. The highest BCUT2D eigenvalue weighted by Gasteiger charge is 1.99. The van der Waals surface area contributed by atoms with Crippen molar-refractivity contribution in [3.8, 4) is 5.75 Å². The van der Waals surface area contributed by atoms with E-state index in [1.165, 1.54) is 6.08 Å². The first kappa shape index (κ1) is 12.1. The van der Waals surface area contributed by atoms with Gasteiger partial charge in [-0.1, -0.05) is 0 Å². The predicted molar refractivity (Wildman–Crippen MR) is 63.1 cm³/mol. The highest BCUT2D eigenvalue weighted by molar-refractivity contribution is 5.88. The van der Waals surface area contributed by atoms with E-state index in [4.69, 9.17) is 15.2 Å². The molecule has 0 saturated carbocycles. The van der Waals surface area contributed by atoms with Crippen LogP contribution in [0, 0.1) is 0 Å². The van der Waals surface area contributed by atoms with Crippen LogP contribution < -0.4 is 10.5 Å². The van der Waals surface area contributed by atoms with Gasteiger partial charge >= 0.3 is 5.97 Å². The number of benzene rings is 1. The lowest BCUT2D eigenvalue weighted by atomic mass is 10.1. The number of hydrogen-bond donors (Lipinski definition) is 1. The molecule has 0 amide bonds. The lowest BCUT2D eigenvalue weighted by Crippen LogP contribution is -1.99. The summed E-state index contributed by atoms with van der Waals surface area (Å²) in [6, 6.07) is 5.24. The number of hydrogen-bond acceptors (Lipinski definition) is 4. The van der Waals surface area contributed by atoms with E-state index in [1.54, 1.807) is 38.3 Å². The Bertz CT molecular complexity index is 399. The lowest BCUT2D eigenvalue weighted by molar-refractivity contribution is -0.137. The molecule has 0 bridgehead atoms. The number of ether oxygens (including phenoxy) is 2. The average molecular weight is 221 g/mol. The van der Waals surface area contributed by atoms with Crippen molar-refractivity contribution >= 4 is 17.7 Å². The molecule has 0 heterocycles. The van der Waals surface area contributed by atoms with Crippen molar-refractivity contribution in [2.24, 2.45) is 0 Å². The monoisotopic (exact) mass is 221 g/mol. The summed E-state index contributed by atoms with van der Waals surface area (Å²) in [5.74, 6) is 0.308. The first-order valence-corrected chi connectivity index (χ1v) is 4.95. The van der Waals surface area contributed by atoms with Crippen LogP contribution in [0.5, 0.6) is 5.75 Å². The molecule has 0 aliphatic heterocycles. The molecule has 2 N–H and O–H groups in total. The first-order chi connectivity index (χ1) is 7.67. The maximum atomic E-state index is 11.1. The van der Waals surface area contributed by atoms with Crippen molar-refractivity contribution in [2.45, 2.75) is 6.92 Å². The second kappa shape index (κ2) is 5.80. The van der Waals surface area contributed by atoms with Crippen molar-refractivity contribution in [3.05, 3.63) is 29.8 Å².